The number of carbonyl (C=O) groups excluding carboxylic acids is 3. The fraction of sp³-hybridized carbons (Fsp3) is 0.464. The summed E-state index contributed by atoms with van der Waals surface area (Å²) in [7, 11) is -2.11. The number of rotatable bonds is 6. The molecule has 0 saturated carbocycles. The summed E-state index contributed by atoms with van der Waals surface area (Å²) >= 11 is 0. The first-order valence-corrected chi connectivity index (χ1v) is 15.5. The van der Waals surface area contributed by atoms with Crippen LogP contribution in [0, 0.1) is 5.92 Å². The summed E-state index contributed by atoms with van der Waals surface area (Å²) in [6.45, 7) is 12.2. The van der Waals surface area contributed by atoms with Crippen LogP contribution in [-0.4, -0.2) is 61.8 Å². The van der Waals surface area contributed by atoms with Gasteiger partial charge in [0.1, 0.15) is 6.61 Å². The number of hydrogen-bond acceptors (Lipinski definition) is 5. The van der Waals surface area contributed by atoms with Crippen LogP contribution in [0.1, 0.15) is 53.5 Å². The zero-order chi connectivity index (χ0) is 26.1. The monoisotopic (exact) mass is 508 g/mol. The van der Waals surface area contributed by atoms with E-state index >= 15 is 0 Å². The number of hydrogen-bond donors (Lipinski definition) is 0. The van der Waals surface area contributed by atoms with Crippen LogP contribution in [0.3, 0.4) is 0 Å². The van der Waals surface area contributed by atoms with Gasteiger partial charge in [-0.15, -0.1) is 0 Å². The van der Waals surface area contributed by atoms with Crippen molar-refractivity contribution in [2.24, 2.45) is 5.92 Å². The second-order valence-corrected chi connectivity index (χ2v) is 16.1. The van der Waals surface area contributed by atoms with Gasteiger partial charge < -0.3 is 14.1 Å². The molecule has 3 amide bonds. The number of fused-ring (bicyclic) bond motifs is 1. The number of imide groups is 1. The maximum absolute atomic E-state index is 13.1. The molecule has 2 atom stereocenters. The molecule has 2 aliphatic rings. The molecule has 0 spiro atoms. The Kier molecular flexibility index (Phi) is 7.38. The van der Waals surface area contributed by atoms with Gasteiger partial charge in [0, 0.05) is 19.6 Å². The van der Waals surface area contributed by atoms with E-state index in [4.69, 9.17) is 9.16 Å². The first kappa shape index (κ1) is 26.1. The first-order valence-electron chi connectivity index (χ1n) is 12.5. The van der Waals surface area contributed by atoms with E-state index in [-0.39, 0.29) is 42.0 Å². The summed E-state index contributed by atoms with van der Waals surface area (Å²) in [6.07, 6.45) is 0.0707. The third-order valence-corrected chi connectivity index (χ3v) is 12.1. The number of piperidine rings is 1. The SMILES string of the molecule is CC(C)(C)[Si](C)(C)O[C@H]1C[C@@H](CN2C(=O)c3ccccc3C2=O)CN(C(=O)OCc2ccccc2)C1. The van der Waals surface area contributed by atoms with Crippen LogP contribution in [0.5, 0.6) is 0 Å². The van der Waals surface area contributed by atoms with E-state index in [1.165, 1.54) is 4.90 Å². The van der Waals surface area contributed by atoms with Gasteiger partial charge in [-0.3, -0.25) is 14.5 Å². The van der Waals surface area contributed by atoms with E-state index in [1.54, 1.807) is 29.2 Å². The molecule has 0 aliphatic carbocycles. The quantitative estimate of drug-likeness (QED) is 0.389. The van der Waals surface area contributed by atoms with Crippen LogP contribution in [0.4, 0.5) is 4.79 Å². The molecule has 0 radical (unpaired) electrons. The fourth-order valence-electron chi connectivity index (χ4n) is 4.59. The maximum atomic E-state index is 13.1. The Hall–Kier alpha value is -2.97. The predicted molar refractivity (Wildman–Crippen MR) is 140 cm³/mol. The third-order valence-electron chi connectivity index (χ3n) is 7.55. The third kappa shape index (κ3) is 5.55. The summed E-state index contributed by atoms with van der Waals surface area (Å²) in [4.78, 5) is 42.0. The van der Waals surface area contributed by atoms with Crippen molar-refractivity contribution in [3.8, 4) is 0 Å². The summed E-state index contributed by atoms with van der Waals surface area (Å²) in [5.74, 6) is -0.664. The zero-order valence-electron chi connectivity index (χ0n) is 21.8. The molecular weight excluding hydrogens is 472 g/mol. The molecule has 0 N–H and O–H groups in total. The van der Waals surface area contributed by atoms with Crippen molar-refractivity contribution < 1.29 is 23.5 Å². The van der Waals surface area contributed by atoms with Crippen molar-refractivity contribution in [3.05, 3.63) is 71.3 Å². The van der Waals surface area contributed by atoms with Gasteiger partial charge in [0.2, 0.25) is 0 Å². The van der Waals surface area contributed by atoms with Crippen LogP contribution in [0.25, 0.3) is 0 Å². The van der Waals surface area contributed by atoms with Crippen molar-refractivity contribution in [2.45, 2.75) is 58.0 Å². The second-order valence-electron chi connectivity index (χ2n) is 11.3. The molecule has 7 nitrogen and oxygen atoms in total. The van der Waals surface area contributed by atoms with Crippen LogP contribution in [0.2, 0.25) is 18.1 Å². The van der Waals surface area contributed by atoms with Crippen molar-refractivity contribution >= 4 is 26.2 Å². The molecule has 4 rings (SSSR count). The molecule has 36 heavy (non-hydrogen) atoms. The number of carbonyl (C=O) groups is 3. The summed E-state index contributed by atoms with van der Waals surface area (Å²) in [5.41, 5.74) is 1.79. The number of ether oxygens (including phenoxy) is 1. The molecule has 0 bridgehead atoms. The molecule has 8 heteroatoms. The van der Waals surface area contributed by atoms with E-state index in [0.29, 0.717) is 30.6 Å². The molecule has 2 heterocycles. The van der Waals surface area contributed by atoms with Crippen molar-refractivity contribution in [1.82, 2.24) is 9.80 Å². The van der Waals surface area contributed by atoms with Gasteiger partial charge in [-0.25, -0.2) is 4.79 Å². The van der Waals surface area contributed by atoms with Crippen LogP contribution < -0.4 is 0 Å². The lowest BCUT2D eigenvalue weighted by Crippen LogP contribution is -2.54. The summed E-state index contributed by atoms with van der Waals surface area (Å²) in [5, 5.41) is 0.0150. The molecule has 2 aromatic carbocycles. The highest BCUT2D eigenvalue weighted by molar-refractivity contribution is 6.74. The predicted octanol–water partition coefficient (Wildman–Crippen LogP) is 5.33. The molecular formula is C28H36N2O5Si. The highest BCUT2D eigenvalue weighted by Gasteiger charge is 2.43. The molecule has 2 aliphatic heterocycles. The van der Waals surface area contributed by atoms with E-state index < -0.39 is 14.4 Å². The minimum absolute atomic E-state index is 0.0150. The lowest BCUT2D eigenvalue weighted by Gasteiger charge is -2.44. The molecule has 0 aromatic heterocycles. The lowest BCUT2D eigenvalue weighted by molar-refractivity contribution is 0.0223. The van der Waals surface area contributed by atoms with E-state index in [2.05, 4.69) is 33.9 Å². The van der Waals surface area contributed by atoms with Gasteiger partial charge in [0.15, 0.2) is 8.32 Å². The topological polar surface area (TPSA) is 76.2 Å². The number of nitrogens with zero attached hydrogens (tertiary/aromatic N) is 2. The highest BCUT2D eigenvalue weighted by Crippen LogP contribution is 2.39. The Morgan fingerprint density at radius 1 is 0.944 bits per heavy atom. The average Bonchev–Trinajstić information content (AvgIpc) is 3.07. The van der Waals surface area contributed by atoms with E-state index in [0.717, 1.165) is 5.56 Å². The van der Waals surface area contributed by atoms with Crippen molar-refractivity contribution in [2.75, 3.05) is 19.6 Å². The number of benzene rings is 2. The average molecular weight is 509 g/mol. The van der Waals surface area contributed by atoms with E-state index in [9.17, 15) is 14.4 Å². The Labute approximate surface area is 214 Å². The van der Waals surface area contributed by atoms with Crippen LogP contribution in [-0.2, 0) is 15.8 Å². The summed E-state index contributed by atoms with van der Waals surface area (Å²) in [6, 6.07) is 16.5. The zero-order valence-corrected chi connectivity index (χ0v) is 22.8. The first-order chi connectivity index (χ1) is 17.0. The van der Waals surface area contributed by atoms with Gasteiger partial charge in [-0.1, -0.05) is 63.2 Å². The Morgan fingerprint density at radius 3 is 2.11 bits per heavy atom. The van der Waals surface area contributed by atoms with Crippen LogP contribution >= 0.6 is 0 Å². The second kappa shape index (κ2) is 10.2. The highest BCUT2D eigenvalue weighted by atomic mass is 28.4. The minimum atomic E-state index is -2.11. The normalized spacial score (nSPS) is 20.5. The van der Waals surface area contributed by atoms with Gasteiger partial charge in [-0.05, 0) is 48.2 Å². The molecule has 2 aromatic rings. The largest absolute Gasteiger partial charge is 0.445 e. The molecule has 0 unspecified atom stereocenters. The van der Waals surface area contributed by atoms with Gasteiger partial charge >= 0.3 is 6.09 Å². The number of likely N-dealkylation sites (tertiary alicyclic amines) is 1. The lowest BCUT2D eigenvalue weighted by atomic mass is 9.95. The number of amides is 3. The van der Waals surface area contributed by atoms with E-state index in [1.807, 2.05) is 30.3 Å². The van der Waals surface area contributed by atoms with Gasteiger partial charge in [-0.2, -0.15) is 0 Å². The smallest absolute Gasteiger partial charge is 0.410 e. The molecule has 1 fully saturated rings. The van der Waals surface area contributed by atoms with Crippen molar-refractivity contribution in [1.29, 1.82) is 0 Å². The van der Waals surface area contributed by atoms with Crippen LogP contribution in [0.15, 0.2) is 54.6 Å². The van der Waals surface area contributed by atoms with Crippen molar-refractivity contribution in [3.63, 3.8) is 0 Å². The maximum Gasteiger partial charge on any atom is 0.410 e. The Morgan fingerprint density at radius 2 is 1.53 bits per heavy atom. The van der Waals surface area contributed by atoms with Gasteiger partial charge in [0.05, 0.1) is 17.2 Å². The standard InChI is InChI=1S/C28H36N2O5Si/c1-28(2,3)36(4,5)35-22-15-21(17-30-25(31)23-13-9-10-14-24(23)26(30)32)16-29(18-22)27(33)34-19-20-11-7-6-8-12-20/h6-14,21-22H,15-19H2,1-5H3/t21-,22+/m1/s1. The molecule has 1 saturated heterocycles. The summed E-state index contributed by atoms with van der Waals surface area (Å²) < 4.78 is 12.3. The van der Waals surface area contributed by atoms with Gasteiger partial charge in [0.25, 0.3) is 11.8 Å². The fourth-order valence-corrected chi connectivity index (χ4v) is 5.94. The Balaban J connectivity index is 1.50. The Bertz CT molecular complexity index is 1090. The molecule has 192 valence electrons. The minimum Gasteiger partial charge on any atom is -0.445 e.